The maximum absolute atomic E-state index is 12.0. The highest BCUT2D eigenvalue weighted by molar-refractivity contribution is 5.76. The average Bonchev–Trinajstić information content (AvgIpc) is 2.73. The van der Waals surface area contributed by atoms with Crippen molar-refractivity contribution in [1.29, 1.82) is 0 Å². The lowest BCUT2D eigenvalue weighted by Gasteiger charge is -2.47. The number of hydrogen-bond acceptors (Lipinski definition) is 13. The van der Waals surface area contributed by atoms with Gasteiger partial charge >= 0.3 is 5.97 Å². The summed E-state index contributed by atoms with van der Waals surface area (Å²) in [7, 11) is 0. The molecule has 0 aromatic carbocycles. The van der Waals surface area contributed by atoms with Gasteiger partial charge in [-0.05, 0) is 0 Å². The normalized spacial score (nSPS) is 42.2. The van der Waals surface area contributed by atoms with Gasteiger partial charge < -0.3 is 65.5 Å². The summed E-state index contributed by atoms with van der Waals surface area (Å²) in [4.78, 5) is 23.5. The van der Waals surface area contributed by atoms with Crippen LogP contribution >= 0.6 is 0 Å². The van der Waals surface area contributed by atoms with Crippen molar-refractivity contribution in [3.63, 3.8) is 0 Å². The minimum atomic E-state index is -2.69. The molecular weight excluding hydrogens is 442 g/mol. The summed E-state index contributed by atoms with van der Waals surface area (Å²) < 4.78 is 15.5. The van der Waals surface area contributed by atoms with Crippen LogP contribution in [0.25, 0.3) is 0 Å². The van der Waals surface area contributed by atoms with E-state index >= 15 is 0 Å². The molecule has 2 saturated heterocycles. The second kappa shape index (κ2) is 10.6. The molecular formula is C17H29NO14. The van der Waals surface area contributed by atoms with Crippen molar-refractivity contribution in [1.82, 2.24) is 5.32 Å². The third kappa shape index (κ3) is 5.52. The first-order chi connectivity index (χ1) is 14.8. The topological polar surface area (TPSA) is 256 Å². The van der Waals surface area contributed by atoms with E-state index in [0.29, 0.717) is 0 Å². The molecule has 10 N–H and O–H groups in total. The second-order valence-corrected chi connectivity index (χ2v) is 7.73. The summed E-state index contributed by atoms with van der Waals surface area (Å²) in [6.07, 6.45) is -16.9. The molecule has 0 aromatic rings. The number of aliphatic carboxylic acids is 1. The predicted molar refractivity (Wildman–Crippen MR) is 97.4 cm³/mol. The highest BCUT2D eigenvalue weighted by atomic mass is 16.7. The van der Waals surface area contributed by atoms with Gasteiger partial charge in [0.2, 0.25) is 5.91 Å². The van der Waals surface area contributed by atoms with Gasteiger partial charge in [0.05, 0.1) is 25.4 Å². The highest BCUT2D eigenvalue weighted by Crippen LogP contribution is 2.34. The molecule has 32 heavy (non-hydrogen) atoms. The van der Waals surface area contributed by atoms with E-state index in [2.05, 4.69) is 5.32 Å². The molecule has 11 atom stereocenters. The first kappa shape index (κ1) is 26.7. The molecule has 0 saturated carbocycles. The Bertz CT molecular complexity index is 665. The monoisotopic (exact) mass is 471 g/mol. The van der Waals surface area contributed by atoms with Crippen LogP contribution in [0.2, 0.25) is 0 Å². The predicted octanol–water partition coefficient (Wildman–Crippen LogP) is -6.05. The number of carboxylic acids is 1. The fourth-order valence-corrected chi connectivity index (χ4v) is 3.56. The van der Waals surface area contributed by atoms with Gasteiger partial charge in [-0.2, -0.15) is 0 Å². The van der Waals surface area contributed by atoms with Gasteiger partial charge in [0.1, 0.15) is 42.7 Å². The molecule has 2 fully saturated rings. The van der Waals surface area contributed by atoms with Gasteiger partial charge in [0, 0.05) is 13.3 Å². The van der Waals surface area contributed by atoms with E-state index in [0.717, 1.165) is 6.92 Å². The van der Waals surface area contributed by atoms with E-state index in [1.54, 1.807) is 0 Å². The Balaban J connectivity index is 2.27. The number of carbonyl (C=O) groups excluding carboxylic acids is 1. The molecule has 0 aliphatic carbocycles. The molecule has 0 unspecified atom stereocenters. The van der Waals surface area contributed by atoms with Gasteiger partial charge in [-0.25, -0.2) is 4.79 Å². The Morgan fingerprint density at radius 3 is 2.28 bits per heavy atom. The van der Waals surface area contributed by atoms with E-state index in [1.165, 1.54) is 0 Å². The van der Waals surface area contributed by atoms with Gasteiger partial charge in [0.15, 0.2) is 6.29 Å². The first-order valence-electron chi connectivity index (χ1n) is 9.69. The molecule has 1 amide bonds. The molecule has 0 spiro atoms. The minimum Gasteiger partial charge on any atom is -0.477 e. The van der Waals surface area contributed by atoms with E-state index < -0.39 is 98.5 Å². The van der Waals surface area contributed by atoms with Gasteiger partial charge in [-0.3, -0.25) is 4.79 Å². The van der Waals surface area contributed by atoms with Crippen molar-refractivity contribution in [2.75, 3.05) is 13.2 Å². The molecule has 0 aromatic heterocycles. The third-order valence-electron chi connectivity index (χ3n) is 5.35. The molecule has 186 valence electrons. The van der Waals surface area contributed by atoms with Crippen LogP contribution in [-0.4, -0.2) is 138 Å². The largest absolute Gasteiger partial charge is 0.477 e. The van der Waals surface area contributed by atoms with E-state index in [-0.39, 0.29) is 0 Å². The van der Waals surface area contributed by atoms with Crippen LogP contribution in [0.3, 0.4) is 0 Å². The quantitative estimate of drug-likeness (QED) is 0.158. The summed E-state index contributed by atoms with van der Waals surface area (Å²) >= 11 is 0. The Morgan fingerprint density at radius 2 is 1.75 bits per heavy atom. The number of amides is 1. The number of ether oxygens (including phenoxy) is 3. The Kier molecular flexibility index (Phi) is 8.88. The minimum absolute atomic E-state index is 0.669. The molecule has 2 rings (SSSR count). The van der Waals surface area contributed by atoms with Crippen LogP contribution in [0.15, 0.2) is 0 Å². The molecule has 2 aliphatic heterocycles. The third-order valence-corrected chi connectivity index (χ3v) is 5.35. The van der Waals surface area contributed by atoms with E-state index in [1.807, 2.05) is 0 Å². The van der Waals surface area contributed by atoms with Crippen molar-refractivity contribution in [3.05, 3.63) is 0 Å². The summed E-state index contributed by atoms with van der Waals surface area (Å²) in [6.45, 7) is -0.691. The van der Waals surface area contributed by atoms with Gasteiger partial charge in [-0.1, -0.05) is 0 Å². The summed E-state index contributed by atoms with van der Waals surface area (Å²) in [5, 5.41) is 90.6. The molecule has 0 bridgehead atoms. The number of hydrogen-bond donors (Lipinski definition) is 10. The van der Waals surface area contributed by atoms with Crippen molar-refractivity contribution in [3.8, 4) is 0 Å². The maximum atomic E-state index is 12.0. The number of nitrogens with one attached hydrogen (secondary N) is 1. The lowest BCUT2D eigenvalue weighted by atomic mass is 9.88. The number of aliphatic hydroxyl groups excluding tert-OH is 8. The first-order valence-corrected chi connectivity index (χ1v) is 9.69. The van der Waals surface area contributed by atoms with Crippen molar-refractivity contribution >= 4 is 11.9 Å². The number of aliphatic hydroxyl groups is 8. The van der Waals surface area contributed by atoms with Gasteiger partial charge in [-0.15, -0.1) is 0 Å². The fraction of sp³-hybridized carbons (Fsp3) is 0.882. The Hall–Kier alpha value is -1.50. The average molecular weight is 471 g/mol. The van der Waals surface area contributed by atoms with Crippen LogP contribution in [0.4, 0.5) is 0 Å². The summed E-state index contributed by atoms with van der Waals surface area (Å²) in [6, 6.07) is -1.39. The smallest absolute Gasteiger partial charge is 0.364 e. The van der Waals surface area contributed by atoms with Crippen LogP contribution in [0.5, 0.6) is 0 Å². The van der Waals surface area contributed by atoms with Crippen molar-refractivity contribution in [2.24, 2.45) is 0 Å². The molecule has 0 radical (unpaired) electrons. The van der Waals surface area contributed by atoms with Gasteiger partial charge in [0.25, 0.3) is 5.79 Å². The molecule has 2 heterocycles. The Morgan fingerprint density at radius 1 is 1.12 bits per heavy atom. The van der Waals surface area contributed by atoms with Crippen LogP contribution in [0.1, 0.15) is 13.3 Å². The zero-order valence-corrected chi connectivity index (χ0v) is 17.0. The van der Waals surface area contributed by atoms with Crippen LogP contribution in [-0.2, 0) is 23.8 Å². The highest BCUT2D eigenvalue weighted by Gasteiger charge is 2.56. The lowest BCUT2D eigenvalue weighted by molar-refractivity contribution is -0.334. The number of carbonyl (C=O) groups is 2. The van der Waals surface area contributed by atoms with E-state index in [4.69, 9.17) is 19.3 Å². The van der Waals surface area contributed by atoms with Crippen molar-refractivity contribution in [2.45, 2.75) is 80.3 Å². The Labute approximate surface area is 181 Å². The van der Waals surface area contributed by atoms with Crippen molar-refractivity contribution < 1.29 is 69.8 Å². The summed E-state index contributed by atoms with van der Waals surface area (Å²) in [5.74, 6) is -5.15. The standard InChI is InChI=1S/C17H29NO14/c1-5(20)18-9-6(21)2-17(16(28)29,32-14(9)10(23)7(22)3-19)30-4-8-11(24)12(25)13(26)15(27)31-8/h6-15,19,21-27H,2-4H2,1H3,(H,18,20)(H,28,29)/t6-,7+,8+,9-,10+,11-,12-,13+,14+,15+,17+/m0/s1. The maximum Gasteiger partial charge on any atom is 0.364 e. The molecule has 15 heteroatoms. The van der Waals surface area contributed by atoms with Crippen LogP contribution in [0, 0.1) is 0 Å². The summed E-state index contributed by atoms with van der Waals surface area (Å²) in [5.41, 5.74) is 0. The molecule has 2 aliphatic rings. The number of carboxylic acid groups (broad SMARTS) is 1. The van der Waals surface area contributed by atoms with Crippen LogP contribution < -0.4 is 5.32 Å². The zero-order chi connectivity index (χ0) is 24.4. The fourth-order valence-electron chi connectivity index (χ4n) is 3.56. The number of rotatable bonds is 8. The van der Waals surface area contributed by atoms with E-state index in [9.17, 15) is 50.4 Å². The zero-order valence-electron chi connectivity index (χ0n) is 17.0. The second-order valence-electron chi connectivity index (χ2n) is 7.73. The SMILES string of the molecule is CC(=O)N[C@@H]1[C@H]([C@H](O)[C@H](O)CO)O[C@@](OC[C@H]2O[C@@H](O)[C@H](O)[C@@H](O)[C@H]2O)(C(=O)O)C[C@@H]1O. The lowest BCUT2D eigenvalue weighted by Crippen LogP contribution is -2.68. The molecule has 15 nitrogen and oxygen atoms in total.